The summed E-state index contributed by atoms with van der Waals surface area (Å²) in [6, 6.07) is 4.57. The van der Waals surface area contributed by atoms with Gasteiger partial charge in [0.05, 0.1) is 7.11 Å². The smallest absolute Gasteiger partial charge is 0.122 e. The zero-order chi connectivity index (χ0) is 10.3. The predicted molar refractivity (Wildman–Crippen MR) is 57.8 cm³/mol. The molecule has 2 N–H and O–H groups in total. The van der Waals surface area contributed by atoms with Crippen LogP contribution in [0.1, 0.15) is 29.0 Å². The fourth-order valence-electron chi connectivity index (χ4n) is 2.01. The molecule has 0 bridgehead atoms. The van der Waals surface area contributed by atoms with Crippen molar-refractivity contribution in [1.29, 1.82) is 0 Å². The number of nitrogens with two attached hydrogens (primary N) is 1. The van der Waals surface area contributed by atoms with Gasteiger partial charge in [0, 0.05) is 12.0 Å². The molecule has 2 heteroatoms. The Bertz CT molecular complexity index is 360. The van der Waals surface area contributed by atoms with Crippen LogP contribution in [0.15, 0.2) is 12.1 Å². The molecule has 1 aromatic rings. The van der Waals surface area contributed by atoms with E-state index in [-0.39, 0.29) is 0 Å². The van der Waals surface area contributed by atoms with Gasteiger partial charge in [-0.1, -0.05) is 6.07 Å². The van der Waals surface area contributed by atoms with Gasteiger partial charge in [0.25, 0.3) is 0 Å². The third kappa shape index (κ3) is 1.40. The molecule has 1 aliphatic rings. The molecule has 0 amide bonds. The van der Waals surface area contributed by atoms with Crippen molar-refractivity contribution in [2.75, 3.05) is 7.11 Å². The van der Waals surface area contributed by atoms with Crippen LogP contribution in [0.4, 0.5) is 0 Å². The van der Waals surface area contributed by atoms with Gasteiger partial charge in [-0.15, -0.1) is 0 Å². The minimum atomic E-state index is 0.376. The molecule has 1 aliphatic carbocycles. The van der Waals surface area contributed by atoms with Crippen LogP contribution in [-0.4, -0.2) is 13.2 Å². The van der Waals surface area contributed by atoms with Crippen LogP contribution in [0.5, 0.6) is 5.75 Å². The van der Waals surface area contributed by atoms with Crippen molar-refractivity contribution in [2.24, 2.45) is 5.73 Å². The lowest BCUT2D eigenvalue weighted by atomic mass is 9.99. The minimum Gasteiger partial charge on any atom is -0.496 e. The van der Waals surface area contributed by atoms with Crippen LogP contribution in [0.25, 0.3) is 0 Å². The third-order valence-electron chi connectivity index (χ3n) is 3.24. The first-order valence-electron chi connectivity index (χ1n) is 5.04. The van der Waals surface area contributed by atoms with Crippen molar-refractivity contribution in [3.8, 4) is 5.75 Å². The molecular weight excluding hydrogens is 174 g/mol. The second-order valence-electron chi connectivity index (χ2n) is 4.11. The van der Waals surface area contributed by atoms with Crippen LogP contribution >= 0.6 is 0 Å². The molecule has 2 nitrogen and oxygen atoms in total. The van der Waals surface area contributed by atoms with Crippen molar-refractivity contribution >= 4 is 0 Å². The fourth-order valence-corrected chi connectivity index (χ4v) is 2.01. The molecule has 0 heterocycles. The highest BCUT2D eigenvalue weighted by molar-refractivity contribution is 5.47. The van der Waals surface area contributed by atoms with E-state index in [1.165, 1.54) is 16.7 Å². The van der Waals surface area contributed by atoms with Crippen molar-refractivity contribution in [2.45, 2.75) is 32.2 Å². The van der Waals surface area contributed by atoms with E-state index >= 15 is 0 Å². The highest BCUT2D eigenvalue weighted by Gasteiger charge is 2.36. The summed E-state index contributed by atoms with van der Waals surface area (Å²) in [4.78, 5) is 0. The largest absolute Gasteiger partial charge is 0.496 e. The van der Waals surface area contributed by atoms with Crippen LogP contribution in [0, 0.1) is 13.8 Å². The molecule has 14 heavy (non-hydrogen) atoms. The predicted octanol–water partition coefficient (Wildman–Crippen LogP) is 2.13. The van der Waals surface area contributed by atoms with E-state index < -0.39 is 0 Å². The van der Waals surface area contributed by atoms with Crippen molar-refractivity contribution < 1.29 is 4.74 Å². The first-order chi connectivity index (χ1) is 6.65. The monoisotopic (exact) mass is 191 g/mol. The highest BCUT2D eigenvalue weighted by atomic mass is 16.5. The average molecular weight is 191 g/mol. The lowest BCUT2D eigenvalue weighted by Gasteiger charge is -2.11. The Morgan fingerprint density at radius 2 is 1.93 bits per heavy atom. The molecule has 2 rings (SSSR count). The molecule has 1 fully saturated rings. The maximum Gasteiger partial charge on any atom is 0.122 e. The summed E-state index contributed by atoms with van der Waals surface area (Å²) in [6.07, 6.45) is 1.13. The molecule has 2 unspecified atom stereocenters. The Hall–Kier alpha value is -1.02. The second kappa shape index (κ2) is 3.28. The van der Waals surface area contributed by atoms with Crippen LogP contribution in [0.3, 0.4) is 0 Å². The Labute approximate surface area is 85.1 Å². The molecule has 0 aliphatic heterocycles. The van der Waals surface area contributed by atoms with E-state index in [4.69, 9.17) is 10.5 Å². The first kappa shape index (κ1) is 9.53. The summed E-state index contributed by atoms with van der Waals surface area (Å²) in [5, 5.41) is 0. The van der Waals surface area contributed by atoms with E-state index in [1.807, 2.05) is 6.07 Å². The highest BCUT2D eigenvalue weighted by Crippen LogP contribution is 2.42. The molecule has 1 aromatic carbocycles. The molecule has 1 saturated carbocycles. The third-order valence-corrected chi connectivity index (χ3v) is 3.24. The number of methoxy groups -OCH3 is 1. The van der Waals surface area contributed by atoms with Crippen molar-refractivity contribution in [3.63, 3.8) is 0 Å². The van der Waals surface area contributed by atoms with Crippen LogP contribution in [0.2, 0.25) is 0 Å². The lowest BCUT2D eigenvalue weighted by Crippen LogP contribution is -2.03. The number of hydrogen-bond donors (Lipinski definition) is 1. The van der Waals surface area contributed by atoms with Crippen LogP contribution in [-0.2, 0) is 0 Å². The van der Waals surface area contributed by atoms with Gasteiger partial charge in [-0.05, 0) is 43.0 Å². The van der Waals surface area contributed by atoms with Gasteiger partial charge in [-0.2, -0.15) is 0 Å². The number of rotatable bonds is 2. The number of ether oxygens (including phenoxy) is 1. The molecular formula is C12H17NO. The van der Waals surface area contributed by atoms with Gasteiger partial charge in [0.1, 0.15) is 5.75 Å². The zero-order valence-corrected chi connectivity index (χ0v) is 9.00. The molecule has 0 spiro atoms. The summed E-state index contributed by atoms with van der Waals surface area (Å²) >= 11 is 0. The first-order valence-corrected chi connectivity index (χ1v) is 5.04. The Morgan fingerprint density at radius 1 is 1.29 bits per heavy atom. The Morgan fingerprint density at radius 3 is 2.43 bits per heavy atom. The van der Waals surface area contributed by atoms with E-state index in [9.17, 15) is 0 Å². The van der Waals surface area contributed by atoms with E-state index in [0.717, 1.165) is 12.2 Å². The van der Waals surface area contributed by atoms with Crippen molar-refractivity contribution in [3.05, 3.63) is 28.8 Å². The van der Waals surface area contributed by atoms with Gasteiger partial charge in [-0.25, -0.2) is 0 Å². The van der Waals surface area contributed by atoms with Gasteiger partial charge in [0.15, 0.2) is 0 Å². The minimum absolute atomic E-state index is 0.376. The molecule has 0 saturated heterocycles. The van der Waals surface area contributed by atoms with Gasteiger partial charge < -0.3 is 10.5 Å². The Kier molecular flexibility index (Phi) is 2.23. The number of hydrogen-bond acceptors (Lipinski definition) is 2. The summed E-state index contributed by atoms with van der Waals surface area (Å²) in [6.45, 7) is 4.25. The summed E-state index contributed by atoms with van der Waals surface area (Å²) in [5.41, 5.74) is 9.83. The summed E-state index contributed by atoms with van der Waals surface area (Å²) in [5.74, 6) is 1.56. The molecule has 2 atom stereocenters. The lowest BCUT2D eigenvalue weighted by molar-refractivity contribution is 0.411. The van der Waals surface area contributed by atoms with Gasteiger partial charge in [0.2, 0.25) is 0 Å². The normalized spacial score (nSPS) is 24.9. The maximum absolute atomic E-state index is 5.86. The van der Waals surface area contributed by atoms with E-state index in [2.05, 4.69) is 19.9 Å². The molecule has 0 aromatic heterocycles. The van der Waals surface area contributed by atoms with E-state index in [0.29, 0.717) is 12.0 Å². The fraction of sp³-hybridized carbons (Fsp3) is 0.500. The maximum atomic E-state index is 5.86. The van der Waals surface area contributed by atoms with Crippen LogP contribution < -0.4 is 10.5 Å². The topological polar surface area (TPSA) is 35.2 Å². The summed E-state index contributed by atoms with van der Waals surface area (Å²) < 4.78 is 5.28. The molecule has 0 radical (unpaired) electrons. The summed E-state index contributed by atoms with van der Waals surface area (Å²) in [7, 11) is 1.71. The van der Waals surface area contributed by atoms with Gasteiger partial charge in [-0.3, -0.25) is 0 Å². The second-order valence-corrected chi connectivity index (χ2v) is 4.11. The number of benzene rings is 1. The quantitative estimate of drug-likeness (QED) is 0.777. The zero-order valence-electron chi connectivity index (χ0n) is 9.00. The van der Waals surface area contributed by atoms with E-state index in [1.54, 1.807) is 7.11 Å². The molecule has 76 valence electrons. The standard InChI is InChI=1S/C12H17NO/c1-7-8(2)12(14-3)5-4-9(7)10-6-11(10)13/h4-5,10-11H,6,13H2,1-3H3. The SMILES string of the molecule is COc1ccc(C2CC2N)c(C)c1C. The average Bonchev–Trinajstić information content (AvgIpc) is 2.87. The van der Waals surface area contributed by atoms with Crippen molar-refractivity contribution in [1.82, 2.24) is 0 Å². The van der Waals surface area contributed by atoms with Gasteiger partial charge >= 0.3 is 0 Å². The Balaban J connectivity index is 2.39.